The number of piperazine rings is 1. The van der Waals surface area contributed by atoms with Gasteiger partial charge in [-0.1, -0.05) is 30.3 Å². The number of benzene rings is 3. The Balaban J connectivity index is 1.43. The van der Waals surface area contributed by atoms with E-state index in [0.29, 0.717) is 32.7 Å². The van der Waals surface area contributed by atoms with Gasteiger partial charge in [0, 0.05) is 56.1 Å². The number of nitrogens with zero attached hydrogens (tertiary/aromatic N) is 3. The quantitative estimate of drug-likeness (QED) is 0.216. The average Bonchev–Trinajstić information content (AvgIpc) is 3.21. The molecule has 0 atom stereocenters. The first-order chi connectivity index (χ1) is 17.7. The molecule has 1 aliphatic heterocycles. The van der Waals surface area contributed by atoms with Crippen molar-refractivity contribution in [3.63, 3.8) is 0 Å². The highest BCUT2D eigenvalue weighted by Gasteiger charge is 2.25. The van der Waals surface area contributed by atoms with E-state index in [1.54, 1.807) is 9.47 Å². The van der Waals surface area contributed by atoms with Crippen LogP contribution in [0.1, 0.15) is 16.8 Å². The second kappa shape index (κ2) is 10.0. The summed E-state index contributed by atoms with van der Waals surface area (Å²) in [5.41, 5.74) is 3.48. The maximum Gasteiger partial charge on any atom is 0.164 e. The lowest BCUT2D eigenvalue weighted by atomic mass is 10.1. The molecular weight excluding hydrogens is 485 g/mol. The number of hydrogen-bond acceptors (Lipinski definition) is 2. The van der Waals surface area contributed by atoms with Crippen molar-refractivity contribution in [3.8, 4) is 16.9 Å². The van der Waals surface area contributed by atoms with Gasteiger partial charge in [0.05, 0.1) is 17.1 Å². The van der Waals surface area contributed by atoms with Crippen molar-refractivity contribution in [2.24, 2.45) is 0 Å². The van der Waals surface area contributed by atoms with Gasteiger partial charge in [-0.25, -0.2) is 22.0 Å². The number of hydrogen-bond donors (Lipinski definition) is 0. The molecule has 0 saturated carbocycles. The summed E-state index contributed by atoms with van der Waals surface area (Å²) >= 11 is 0. The number of anilines is 1. The summed E-state index contributed by atoms with van der Waals surface area (Å²) in [6, 6.07) is 16.1. The molecule has 3 nitrogen and oxygen atoms in total. The zero-order valence-corrected chi connectivity index (χ0v) is 20.5. The monoisotopic (exact) mass is 511 g/mol. The Morgan fingerprint density at radius 1 is 0.703 bits per heavy atom. The maximum atomic E-state index is 14.8. The van der Waals surface area contributed by atoms with Crippen molar-refractivity contribution in [1.82, 2.24) is 9.47 Å². The Labute approximate surface area is 212 Å². The van der Waals surface area contributed by atoms with Crippen LogP contribution in [0, 0.1) is 42.9 Å². The van der Waals surface area contributed by atoms with E-state index in [2.05, 4.69) is 4.90 Å². The molecule has 192 valence electrons. The lowest BCUT2D eigenvalue weighted by Crippen LogP contribution is -2.46. The standard InChI is InChI=1S/C29H26F5N3/c1-18-14-21(17-35-10-12-36(13-11-35)26-16-24(32)27(33)19(2)28(26)34)29(20-6-4-3-5-7-20)37(18)25-9-8-22(30)15-23(25)31/h3-9,14-16H,10-13,17H2,1-2H3. The van der Waals surface area contributed by atoms with Crippen LogP contribution >= 0.6 is 0 Å². The third-order valence-electron chi connectivity index (χ3n) is 6.92. The van der Waals surface area contributed by atoms with E-state index >= 15 is 0 Å². The number of rotatable bonds is 5. The number of aromatic nitrogens is 1. The van der Waals surface area contributed by atoms with Gasteiger partial charge < -0.3 is 9.47 Å². The van der Waals surface area contributed by atoms with Crippen molar-refractivity contribution in [1.29, 1.82) is 0 Å². The average molecular weight is 512 g/mol. The van der Waals surface area contributed by atoms with Crippen molar-refractivity contribution in [3.05, 3.63) is 107 Å². The Morgan fingerprint density at radius 3 is 2.08 bits per heavy atom. The van der Waals surface area contributed by atoms with Crippen LogP contribution in [0.4, 0.5) is 27.6 Å². The summed E-state index contributed by atoms with van der Waals surface area (Å²) in [5, 5.41) is 0. The fourth-order valence-corrected chi connectivity index (χ4v) is 5.04. The Morgan fingerprint density at radius 2 is 1.41 bits per heavy atom. The summed E-state index contributed by atoms with van der Waals surface area (Å²) in [6.07, 6.45) is 0. The molecule has 37 heavy (non-hydrogen) atoms. The SMILES string of the molecule is Cc1c(F)c(F)cc(N2CCN(Cc3cc(C)n(-c4ccc(F)cc4F)c3-c3ccccc3)CC2)c1F. The minimum Gasteiger partial charge on any atom is -0.367 e. The molecule has 0 unspecified atom stereocenters. The fraction of sp³-hybridized carbons (Fsp3) is 0.241. The van der Waals surface area contributed by atoms with Crippen LogP contribution < -0.4 is 4.90 Å². The van der Waals surface area contributed by atoms with Crippen LogP contribution in [0.2, 0.25) is 0 Å². The minimum atomic E-state index is -1.16. The van der Waals surface area contributed by atoms with Crippen molar-refractivity contribution < 1.29 is 22.0 Å². The molecule has 0 bridgehead atoms. The zero-order valence-electron chi connectivity index (χ0n) is 20.5. The molecule has 3 aromatic carbocycles. The lowest BCUT2D eigenvalue weighted by molar-refractivity contribution is 0.249. The molecule has 1 saturated heterocycles. The molecule has 1 aromatic heterocycles. The van der Waals surface area contributed by atoms with E-state index in [9.17, 15) is 22.0 Å². The van der Waals surface area contributed by atoms with E-state index in [-0.39, 0.29) is 16.9 Å². The molecule has 1 fully saturated rings. The third-order valence-corrected chi connectivity index (χ3v) is 6.92. The van der Waals surface area contributed by atoms with Crippen LogP contribution in [0.25, 0.3) is 16.9 Å². The Bertz CT molecular complexity index is 1440. The van der Waals surface area contributed by atoms with Crippen molar-refractivity contribution >= 4 is 5.69 Å². The topological polar surface area (TPSA) is 11.4 Å². The summed E-state index contributed by atoms with van der Waals surface area (Å²) in [4.78, 5) is 3.91. The van der Waals surface area contributed by atoms with Crippen LogP contribution in [0.3, 0.4) is 0 Å². The second-order valence-corrected chi connectivity index (χ2v) is 9.35. The summed E-state index contributed by atoms with van der Waals surface area (Å²) in [5.74, 6) is -4.26. The van der Waals surface area contributed by atoms with E-state index in [0.717, 1.165) is 34.6 Å². The van der Waals surface area contributed by atoms with Gasteiger partial charge >= 0.3 is 0 Å². The first-order valence-corrected chi connectivity index (χ1v) is 12.1. The van der Waals surface area contributed by atoms with Crippen LogP contribution in [0.5, 0.6) is 0 Å². The Kier molecular flexibility index (Phi) is 6.77. The highest BCUT2D eigenvalue weighted by molar-refractivity contribution is 5.68. The van der Waals surface area contributed by atoms with Crippen LogP contribution in [0.15, 0.2) is 60.7 Å². The molecule has 1 aliphatic rings. The van der Waals surface area contributed by atoms with Crippen LogP contribution in [-0.4, -0.2) is 35.6 Å². The normalized spacial score (nSPS) is 14.4. The highest BCUT2D eigenvalue weighted by Crippen LogP contribution is 2.33. The van der Waals surface area contributed by atoms with Gasteiger partial charge in [-0.15, -0.1) is 0 Å². The fourth-order valence-electron chi connectivity index (χ4n) is 5.04. The molecule has 5 rings (SSSR count). The van der Waals surface area contributed by atoms with Gasteiger partial charge in [-0.2, -0.15) is 0 Å². The lowest BCUT2D eigenvalue weighted by Gasteiger charge is -2.36. The summed E-state index contributed by atoms with van der Waals surface area (Å²) in [7, 11) is 0. The van der Waals surface area contributed by atoms with E-state index in [1.807, 2.05) is 43.3 Å². The largest absolute Gasteiger partial charge is 0.367 e. The first-order valence-electron chi connectivity index (χ1n) is 12.1. The predicted octanol–water partition coefficient (Wildman–Crippen LogP) is 6.78. The molecule has 0 aliphatic carbocycles. The van der Waals surface area contributed by atoms with Crippen LogP contribution in [-0.2, 0) is 6.54 Å². The van der Waals surface area contributed by atoms with E-state index < -0.39 is 29.1 Å². The summed E-state index contributed by atoms with van der Waals surface area (Å²) < 4.78 is 72.6. The second-order valence-electron chi connectivity index (χ2n) is 9.35. The molecular formula is C29H26F5N3. The van der Waals surface area contributed by atoms with Gasteiger partial charge in [0.2, 0.25) is 0 Å². The molecule has 0 N–H and O–H groups in total. The predicted molar refractivity (Wildman–Crippen MR) is 134 cm³/mol. The highest BCUT2D eigenvalue weighted by atomic mass is 19.2. The van der Waals surface area contributed by atoms with E-state index in [4.69, 9.17) is 0 Å². The molecule has 2 heterocycles. The van der Waals surface area contributed by atoms with Gasteiger partial charge in [0.25, 0.3) is 0 Å². The smallest absolute Gasteiger partial charge is 0.164 e. The number of aryl methyl sites for hydroxylation is 1. The van der Waals surface area contributed by atoms with Crippen molar-refractivity contribution in [2.45, 2.75) is 20.4 Å². The molecule has 0 amide bonds. The third kappa shape index (κ3) is 4.73. The van der Waals surface area contributed by atoms with Crippen molar-refractivity contribution in [2.75, 3.05) is 31.1 Å². The zero-order chi connectivity index (χ0) is 26.3. The summed E-state index contributed by atoms with van der Waals surface area (Å²) in [6.45, 7) is 5.68. The first kappa shape index (κ1) is 25.0. The Hall–Kier alpha value is -3.65. The van der Waals surface area contributed by atoms with Gasteiger partial charge in [0.1, 0.15) is 11.6 Å². The van der Waals surface area contributed by atoms with Gasteiger partial charge in [0.15, 0.2) is 17.5 Å². The molecule has 8 heteroatoms. The van der Waals surface area contributed by atoms with Gasteiger partial charge in [-0.3, -0.25) is 4.90 Å². The van der Waals surface area contributed by atoms with Gasteiger partial charge in [-0.05, 0) is 43.2 Å². The van der Waals surface area contributed by atoms with E-state index in [1.165, 1.54) is 19.1 Å². The molecule has 0 radical (unpaired) electrons. The molecule has 4 aromatic rings. The maximum absolute atomic E-state index is 14.8. The minimum absolute atomic E-state index is 0.0646. The molecule has 0 spiro atoms. The number of halogens is 5.